The summed E-state index contributed by atoms with van der Waals surface area (Å²) in [5.41, 5.74) is 6.39. The van der Waals surface area contributed by atoms with Crippen molar-refractivity contribution < 1.29 is 4.21 Å². The molecule has 0 spiro atoms. The van der Waals surface area contributed by atoms with E-state index in [-0.39, 0.29) is 6.04 Å². The van der Waals surface area contributed by atoms with Gasteiger partial charge in [-0.15, -0.1) is 0 Å². The molecule has 1 saturated carbocycles. The molecule has 2 N–H and O–H groups in total. The molecule has 0 saturated heterocycles. The molecular formula is C14H23N3OS. The van der Waals surface area contributed by atoms with E-state index in [0.29, 0.717) is 11.7 Å². The summed E-state index contributed by atoms with van der Waals surface area (Å²) in [5, 5.41) is 0. The molecule has 1 aliphatic rings. The van der Waals surface area contributed by atoms with Gasteiger partial charge in [0.05, 0.1) is 10.9 Å². The SMILES string of the molecule is CCC(C)N=S(=O)(c1ccc(N)cc1)N(C)C1CC1. The maximum atomic E-state index is 13.4. The van der Waals surface area contributed by atoms with Crippen molar-refractivity contribution in [2.45, 2.75) is 50.1 Å². The molecule has 1 fully saturated rings. The van der Waals surface area contributed by atoms with Gasteiger partial charge in [-0.1, -0.05) is 6.92 Å². The van der Waals surface area contributed by atoms with E-state index in [1.165, 1.54) is 0 Å². The van der Waals surface area contributed by atoms with Crippen molar-refractivity contribution in [2.24, 2.45) is 4.36 Å². The molecule has 106 valence electrons. The van der Waals surface area contributed by atoms with Crippen molar-refractivity contribution in [1.82, 2.24) is 4.31 Å². The van der Waals surface area contributed by atoms with Gasteiger partial charge in [0.1, 0.15) is 9.92 Å². The molecule has 2 rings (SSSR count). The Kier molecular flexibility index (Phi) is 4.16. The van der Waals surface area contributed by atoms with E-state index in [0.717, 1.165) is 24.2 Å². The third-order valence-electron chi connectivity index (χ3n) is 3.55. The highest BCUT2D eigenvalue weighted by atomic mass is 32.2. The van der Waals surface area contributed by atoms with E-state index in [2.05, 4.69) is 11.3 Å². The van der Waals surface area contributed by atoms with Crippen LogP contribution in [0.1, 0.15) is 33.1 Å². The molecule has 0 heterocycles. The van der Waals surface area contributed by atoms with Crippen LogP contribution in [0.2, 0.25) is 0 Å². The molecule has 2 unspecified atom stereocenters. The Labute approximate surface area is 116 Å². The fourth-order valence-electron chi connectivity index (χ4n) is 1.91. The van der Waals surface area contributed by atoms with Gasteiger partial charge in [-0.05, 0) is 50.5 Å². The fraction of sp³-hybridized carbons (Fsp3) is 0.571. The number of nitrogens with two attached hydrogens (primary N) is 1. The molecule has 0 radical (unpaired) electrons. The van der Waals surface area contributed by atoms with Gasteiger partial charge in [-0.2, -0.15) is 0 Å². The quantitative estimate of drug-likeness (QED) is 0.844. The van der Waals surface area contributed by atoms with E-state index < -0.39 is 9.92 Å². The number of hydrogen-bond acceptors (Lipinski definition) is 3. The summed E-state index contributed by atoms with van der Waals surface area (Å²) in [7, 11) is -0.590. The third-order valence-corrected chi connectivity index (χ3v) is 6.16. The van der Waals surface area contributed by atoms with Crippen molar-refractivity contribution in [3.05, 3.63) is 24.3 Å². The number of nitrogens with zero attached hydrogens (tertiary/aromatic N) is 2. The summed E-state index contributed by atoms with van der Waals surface area (Å²) < 4.78 is 19.9. The predicted octanol–water partition coefficient (Wildman–Crippen LogP) is 2.90. The molecule has 0 amide bonds. The van der Waals surface area contributed by atoms with Gasteiger partial charge in [0.2, 0.25) is 0 Å². The minimum Gasteiger partial charge on any atom is -0.399 e. The number of anilines is 1. The highest BCUT2D eigenvalue weighted by Gasteiger charge is 2.34. The van der Waals surface area contributed by atoms with Crippen LogP contribution < -0.4 is 5.73 Å². The average Bonchev–Trinajstić information content (AvgIpc) is 3.22. The lowest BCUT2D eigenvalue weighted by Gasteiger charge is -2.23. The lowest BCUT2D eigenvalue weighted by atomic mass is 10.3. The largest absolute Gasteiger partial charge is 0.399 e. The van der Waals surface area contributed by atoms with Crippen LogP contribution in [0.15, 0.2) is 33.5 Å². The summed E-state index contributed by atoms with van der Waals surface area (Å²) in [6, 6.07) is 7.75. The van der Waals surface area contributed by atoms with E-state index in [1.807, 2.05) is 30.4 Å². The molecule has 2 atom stereocenters. The molecule has 1 aromatic carbocycles. The van der Waals surface area contributed by atoms with E-state index >= 15 is 0 Å². The van der Waals surface area contributed by atoms with Gasteiger partial charge in [0.15, 0.2) is 0 Å². The summed E-state index contributed by atoms with van der Waals surface area (Å²) in [5.74, 6) is 0. The van der Waals surface area contributed by atoms with Crippen LogP contribution in [-0.2, 0) is 9.92 Å². The molecular weight excluding hydrogens is 258 g/mol. The van der Waals surface area contributed by atoms with Gasteiger partial charge >= 0.3 is 0 Å². The van der Waals surface area contributed by atoms with Crippen molar-refractivity contribution in [3.63, 3.8) is 0 Å². The standard InChI is InChI=1S/C14H23N3OS/c1-4-11(2)16-19(18,17(3)13-7-8-13)14-9-5-12(15)6-10-14/h5-6,9-11,13H,4,7-8,15H2,1-3H3. The van der Waals surface area contributed by atoms with Gasteiger partial charge in [-0.3, -0.25) is 0 Å². The Balaban J connectivity index is 2.47. The Morgan fingerprint density at radius 1 is 1.42 bits per heavy atom. The second-order valence-corrected chi connectivity index (χ2v) is 7.46. The Bertz CT molecular complexity index is 542. The molecule has 0 aliphatic heterocycles. The first-order valence-electron chi connectivity index (χ1n) is 6.82. The molecule has 0 bridgehead atoms. The lowest BCUT2D eigenvalue weighted by molar-refractivity contribution is 0.502. The molecule has 0 aromatic heterocycles. The van der Waals surface area contributed by atoms with E-state index in [9.17, 15) is 4.21 Å². The van der Waals surface area contributed by atoms with Gasteiger partial charge in [0.25, 0.3) is 0 Å². The Morgan fingerprint density at radius 3 is 2.47 bits per heavy atom. The van der Waals surface area contributed by atoms with Gasteiger partial charge in [0, 0.05) is 18.8 Å². The van der Waals surface area contributed by atoms with Crippen LogP contribution in [0, 0.1) is 0 Å². The summed E-state index contributed by atoms with van der Waals surface area (Å²) in [4.78, 5) is 0.761. The highest BCUT2D eigenvalue weighted by Crippen LogP contribution is 2.32. The first-order valence-corrected chi connectivity index (χ1v) is 8.29. The highest BCUT2D eigenvalue weighted by molar-refractivity contribution is 7.91. The maximum absolute atomic E-state index is 13.4. The first-order chi connectivity index (χ1) is 8.97. The second kappa shape index (κ2) is 5.51. The van der Waals surface area contributed by atoms with E-state index in [4.69, 9.17) is 5.73 Å². The van der Waals surface area contributed by atoms with Crippen molar-refractivity contribution in [3.8, 4) is 0 Å². The fourth-order valence-corrected chi connectivity index (χ4v) is 4.25. The van der Waals surface area contributed by atoms with Crippen molar-refractivity contribution in [1.29, 1.82) is 0 Å². The summed E-state index contributed by atoms with van der Waals surface area (Å²) >= 11 is 0. The number of hydrogen-bond donors (Lipinski definition) is 1. The molecule has 1 aliphatic carbocycles. The molecule has 5 heteroatoms. The van der Waals surface area contributed by atoms with Crippen LogP contribution in [-0.4, -0.2) is 27.6 Å². The summed E-state index contributed by atoms with van der Waals surface area (Å²) in [6.07, 6.45) is 3.11. The Morgan fingerprint density at radius 2 is 2.00 bits per heavy atom. The smallest absolute Gasteiger partial charge is 0.140 e. The third kappa shape index (κ3) is 3.09. The van der Waals surface area contributed by atoms with Crippen LogP contribution in [0.5, 0.6) is 0 Å². The zero-order valence-corrected chi connectivity index (χ0v) is 12.7. The lowest BCUT2D eigenvalue weighted by Crippen LogP contribution is -2.30. The monoisotopic (exact) mass is 281 g/mol. The topological polar surface area (TPSA) is 58.7 Å². The zero-order chi connectivity index (χ0) is 14.0. The van der Waals surface area contributed by atoms with Crippen LogP contribution in [0.25, 0.3) is 0 Å². The maximum Gasteiger partial charge on any atom is 0.140 e. The minimum atomic E-state index is -2.51. The average molecular weight is 281 g/mol. The molecule has 4 nitrogen and oxygen atoms in total. The number of nitrogen functional groups attached to an aromatic ring is 1. The van der Waals surface area contributed by atoms with E-state index in [1.54, 1.807) is 12.1 Å². The Hall–Kier alpha value is -1.07. The normalized spacial score (nSPS) is 20.0. The van der Waals surface area contributed by atoms with Crippen molar-refractivity contribution in [2.75, 3.05) is 12.8 Å². The second-order valence-electron chi connectivity index (χ2n) is 5.21. The van der Waals surface area contributed by atoms with Crippen LogP contribution >= 0.6 is 0 Å². The minimum absolute atomic E-state index is 0.0891. The van der Waals surface area contributed by atoms with Crippen molar-refractivity contribution >= 4 is 15.6 Å². The van der Waals surface area contributed by atoms with Crippen LogP contribution in [0.3, 0.4) is 0 Å². The summed E-state index contributed by atoms with van der Waals surface area (Å²) in [6.45, 7) is 4.08. The van der Waals surface area contributed by atoms with Gasteiger partial charge in [-0.25, -0.2) is 12.9 Å². The first kappa shape index (κ1) is 14.3. The number of rotatable bonds is 5. The van der Waals surface area contributed by atoms with Crippen LogP contribution in [0.4, 0.5) is 5.69 Å². The predicted molar refractivity (Wildman–Crippen MR) is 80.2 cm³/mol. The number of benzene rings is 1. The van der Waals surface area contributed by atoms with Gasteiger partial charge < -0.3 is 5.73 Å². The molecule has 1 aromatic rings. The molecule has 19 heavy (non-hydrogen) atoms. The zero-order valence-electron chi connectivity index (χ0n) is 11.9.